The number of benzene rings is 1. The maximum Gasteiger partial charge on any atom is 0.166 e. The average Bonchev–Trinajstić information content (AvgIpc) is 2.46. The molecule has 0 amide bonds. The van der Waals surface area contributed by atoms with E-state index in [1.165, 1.54) is 32.1 Å². The van der Waals surface area contributed by atoms with E-state index in [0.29, 0.717) is 18.9 Å². The summed E-state index contributed by atoms with van der Waals surface area (Å²) in [5.41, 5.74) is 0.765. The third-order valence-corrected chi connectivity index (χ3v) is 3.85. The first-order valence-corrected chi connectivity index (χ1v) is 7.56. The normalized spacial score (nSPS) is 16.3. The third kappa shape index (κ3) is 4.09. The molecule has 1 aliphatic rings. The SMILES string of the molecule is CCCOc1ccccc1C(=O)CC1CCCCC1. The molecule has 0 N–H and O–H groups in total. The van der Waals surface area contributed by atoms with Gasteiger partial charge in [-0.15, -0.1) is 0 Å². The highest BCUT2D eigenvalue weighted by Gasteiger charge is 2.20. The zero-order valence-corrected chi connectivity index (χ0v) is 11.9. The minimum atomic E-state index is 0.249. The topological polar surface area (TPSA) is 26.3 Å². The third-order valence-electron chi connectivity index (χ3n) is 3.85. The van der Waals surface area contributed by atoms with Gasteiger partial charge in [0.2, 0.25) is 0 Å². The summed E-state index contributed by atoms with van der Waals surface area (Å²) in [6.45, 7) is 2.75. The first-order chi connectivity index (χ1) is 9.31. The highest BCUT2D eigenvalue weighted by atomic mass is 16.5. The van der Waals surface area contributed by atoms with Crippen LogP contribution in [0.2, 0.25) is 0 Å². The predicted octanol–water partition coefficient (Wildman–Crippen LogP) is 4.63. The van der Waals surface area contributed by atoms with Crippen LogP contribution >= 0.6 is 0 Å². The molecule has 0 radical (unpaired) electrons. The lowest BCUT2D eigenvalue weighted by Gasteiger charge is -2.21. The van der Waals surface area contributed by atoms with Gasteiger partial charge in [0.25, 0.3) is 0 Å². The quantitative estimate of drug-likeness (QED) is 0.697. The molecule has 19 heavy (non-hydrogen) atoms. The number of para-hydroxylation sites is 1. The summed E-state index contributed by atoms with van der Waals surface area (Å²) >= 11 is 0. The molecule has 0 saturated heterocycles. The Morgan fingerprint density at radius 1 is 1.21 bits per heavy atom. The number of rotatable bonds is 6. The Hall–Kier alpha value is -1.31. The molecule has 104 valence electrons. The van der Waals surface area contributed by atoms with Crippen LogP contribution in [0, 0.1) is 5.92 Å². The van der Waals surface area contributed by atoms with Crippen molar-refractivity contribution in [3.8, 4) is 5.75 Å². The lowest BCUT2D eigenvalue weighted by Crippen LogP contribution is -2.13. The molecular formula is C17H24O2. The lowest BCUT2D eigenvalue weighted by atomic mass is 9.84. The molecule has 0 unspecified atom stereocenters. The van der Waals surface area contributed by atoms with Crippen LogP contribution in [-0.4, -0.2) is 12.4 Å². The Bertz CT molecular complexity index is 405. The molecule has 0 spiro atoms. The van der Waals surface area contributed by atoms with Gasteiger partial charge in [0, 0.05) is 6.42 Å². The minimum absolute atomic E-state index is 0.249. The van der Waals surface area contributed by atoms with Gasteiger partial charge in [0.05, 0.1) is 12.2 Å². The fourth-order valence-corrected chi connectivity index (χ4v) is 2.80. The van der Waals surface area contributed by atoms with Gasteiger partial charge in [-0.3, -0.25) is 4.79 Å². The number of carbonyl (C=O) groups excluding carboxylic acids is 1. The first kappa shape index (κ1) is 14.1. The van der Waals surface area contributed by atoms with Crippen molar-refractivity contribution in [2.45, 2.75) is 51.9 Å². The lowest BCUT2D eigenvalue weighted by molar-refractivity contribution is 0.0946. The molecule has 0 heterocycles. The molecule has 0 aromatic heterocycles. The summed E-state index contributed by atoms with van der Waals surface area (Å²) in [6.07, 6.45) is 7.98. The van der Waals surface area contributed by atoms with Crippen LogP contribution in [0.15, 0.2) is 24.3 Å². The Kier molecular flexibility index (Phi) is 5.44. The van der Waals surface area contributed by atoms with Crippen molar-refractivity contribution in [3.05, 3.63) is 29.8 Å². The molecule has 2 nitrogen and oxygen atoms in total. The highest BCUT2D eigenvalue weighted by molar-refractivity contribution is 5.98. The zero-order chi connectivity index (χ0) is 13.5. The van der Waals surface area contributed by atoms with E-state index < -0.39 is 0 Å². The summed E-state index contributed by atoms with van der Waals surface area (Å²) in [4.78, 5) is 12.4. The second-order valence-electron chi connectivity index (χ2n) is 5.48. The van der Waals surface area contributed by atoms with Gasteiger partial charge in [-0.05, 0) is 24.5 Å². The smallest absolute Gasteiger partial charge is 0.166 e. The predicted molar refractivity (Wildman–Crippen MR) is 77.8 cm³/mol. The zero-order valence-electron chi connectivity index (χ0n) is 11.9. The van der Waals surface area contributed by atoms with Crippen molar-refractivity contribution in [1.82, 2.24) is 0 Å². The van der Waals surface area contributed by atoms with Crippen LogP contribution in [0.3, 0.4) is 0 Å². The van der Waals surface area contributed by atoms with E-state index >= 15 is 0 Å². The summed E-state index contributed by atoms with van der Waals surface area (Å²) < 4.78 is 5.68. The van der Waals surface area contributed by atoms with Crippen LogP contribution in [0.4, 0.5) is 0 Å². The van der Waals surface area contributed by atoms with Crippen LogP contribution in [0.1, 0.15) is 62.2 Å². The van der Waals surface area contributed by atoms with Crippen molar-refractivity contribution in [1.29, 1.82) is 0 Å². The number of Topliss-reactive ketones (excluding diaryl/α,β-unsaturated/α-hetero) is 1. The maximum absolute atomic E-state index is 12.4. The maximum atomic E-state index is 12.4. The number of hydrogen-bond acceptors (Lipinski definition) is 2. The van der Waals surface area contributed by atoms with E-state index in [9.17, 15) is 4.79 Å². The number of ketones is 1. The van der Waals surface area contributed by atoms with Crippen LogP contribution < -0.4 is 4.74 Å². The fourth-order valence-electron chi connectivity index (χ4n) is 2.80. The summed E-state index contributed by atoms with van der Waals surface area (Å²) in [5, 5.41) is 0. The van der Waals surface area contributed by atoms with Crippen LogP contribution in [0.25, 0.3) is 0 Å². The van der Waals surface area contributed by atoms with E-state index in [-0.39, 0.29) is 5.78 Å². The van der Waals surface area contributed by atoms with Gasteiger partial charge >= 0.3 is 0 Å². The average molecular weight is 260 g/mol. The Morgan fingerprint density at radius 3 is 2.68 bits per heavy atom. The molecule has 0 atom stereocenters. The second kappa shape index (κ2) is 7.32. The molecule has 0 aliphatic heterocycles. The van der Waals surface area contributed by atoms with E-state index in [1.54, 1.807) is 0 Å². The van der Waals surface area contributed by atoms with Crippen LogP contribution in [0.5, 0.6) is 5.75 Å². The first-order valence-electron chi connectivity index (χ1n) is 7.56. The van der Waals surface area contributed by atoms with E-state index in [0.717, 1.165) is 17.7 Å². The van der Waals surface area contributed by atoms with Gasteiger partial charge < -0.3 is 4.74 Å². The molecule has 1 aromatic carbocycles. The molecular weight excluding hydrogens is 236 g/mol. The van der Waals surface area contributed by atoms with Crippen LogP contribution in [-0.2, 0) is 0 Å². The van der Waals surface area contributed by atoms with Crippen molar-refractivity contribution in [2.75, 3.05) is 6.61 Å². The summed E-state index contributed by atoms with van der Waals surface area (Å²) in [5.74, 6) is 1.59. The van der Waals surface area contributed by atoms with Crippen molar-refractivity contribution in [2.24, 2.45) is 5.92 Å². The van der Waals surface area contributed by atoms with Gasteiger partial charge in [-0.2, -0.15) is 0 Å². The van der Waals surface area contributed by atoms with E-state index in [4.69, 9.17) is 4.74 Å². The highest BCUT2D eigenvalue weighted by Crippen LogP contribution is 2.29. The molecule has 2 rings (SSSR count). The van der Waals surface area contributed by atoms with E-state index in [2.05, 4.69) is 6.92 Å². The van der Waals surface area contributed by atoms with Gasteiger partial charge in [0.15, 0.2) is 5.78 Å². The molecule has 2 heteroatoms. The van der Waals surface area contributed by atoms with Gasteiger partial charge in [-0.1, -0.05) is 51.2 Å². The molecule has 1 saturated carbocycles. The summed E-state index contributed by atoms with van der Waals surface area (Å²) in [6, 6.07) is 7.66. The molecule has 1 aliphatic carbocycles. The largest absolute Gasteiger partial charge is 0.493 e. The van der Waals surface area contributed by atoms with Crippen molar-refractivity contribution < 1.29 is 9.53 Å². The molecule has 0 bridgehead atoms. The van der Waals surface area contributed by atoms with Crippen molar-refractivity contribution in [3.63, 3.8) is 0 Å². The number of carbonyl (C=O) groups is 1. The van der Waals surface area contributed by atoms with Crippen molar-refractivity contribution >= 4 is 5.78 Å². The number of ether oxygens (including phenoxy) is 1. The molecule has 1 fully saturated rings. The standard InChI is InChI=1S/C17H24O2/c1-2-12-19-17-11-7-6-10-15(17)16(18)13-14-8-4-3-5-9-14/h6-7,10-11,14H,2-5,8-9,12-13H2,1H3. The van der Waals surface area contributed by atoms with Gasteiger partial charge in [0.1, 0.15) is 5.75 Å². The van der Waals surface area contributed by atoms with Gasteiger partial charge in [-0.25, -0.2) is 0 Å². The summed E-state index contributed by atoms with van der Waals surface area (Å²) in [7, 11) is 0. The number of hydrogen-bond donors (Lipinski definition) is 0. The fraction of sp³-hybridized carbons (Fsp3) is 0.588. The monoisotopic (exact) mass is 260 g/mol. The second-order valence-corrected chi connectivity index (χ2v) is 5.48. The Labute approximate surface area is 116 Å². The minimum Gasteiger partial charge on any atom is -0.493 e. The van der Waals surface area contributed by atoms with E-state index in [1.807, 2.05) is 24.3 Å². The Balaban J connectivity index is 2.00. The Morgan fingerprint density at radius 2 is 1.95 bits per heavy atom. The molecule has 1 aromatic rings.